The number of carbonyl (C=O) groups is 1. The molecule has 1 atom stereocenters. The van der Waals surface area contributed by atoms with Crippen LogP contribution in [-0.4, -0.2) is 66.9 Å². The first-order valence-electron chi connectivity index (χ1n) is 7.39. The predicted molar refractivity (Wildman–Crippen MR) is 79.5 cm³/mol. The third-order valence-corrected chi connectivity index (χ3v) is 4.58. The molecule has 1 amide bonds. The second kappa shape index (κ2) is 5.54. The van der Waals surface area contributed by atoms with Crippen molar-refractivity contribution in [1.29, 1.82) is 0 Å². The van der Waals surface area contributed by atoms with Gasteiger partial charge >= 0.3 is 0 Å². The SMILES string of the molecule is CN1CCN(C(=O)C2Cc3ccccc3CN2C)CC1. The molecule has 0 bridgehead atoms. The van der Waals surface area contributed by atoms with Crippen LogP contribution in [0.1, 0.15) is 11.1 Å². The lowest BCUT2D eigenvalue weighted by Gasteiger charge is -2.39. The highest BCUT2D eigenvalue weighted by atomic mass is 16.2. The van der Waals surface area contributed by atoms with Crippen LogP contribution in [0, 0.1) is 0 Å². The average molecular weight is 273 g/mol. The summed E-state index contributed by atoms with van der Waals surface area (Å²) in [5.74, 6) is 0.301. The van der Waals surface area contributed by atoms with E-state index in [1.54, 1.807) is 0 Å². The number of rotatable bonds is 1. The molecule has 1 saturated heterocycles. The van der Waals surface area contributed by atoms with Gasteiger partial charge in [-0.25, -0.2) is 0 Å². The van der Waals surface area contributed by atoms with Crippen LogP contribution in [0.4, 0.5) is 0 Å². The van der Waals surface area contributed by atoms with E-state index in [0.29, 0.717) is 5.91 Å². The van der Waals surface area contributed by atoms with Crippen LogP contribution in [0.3, 0.4) is 0 Å². The molecule has 1 aromatic carbocycles. The molecule has 4 heteroatoms. The Bertz CT molecular complexity index is 494. The average Bonchev–Trinajstić information content (AvgIpc) is 2.46. The lowest BCUT2D eigenvalue weighted by atomic mass is 9.93. The predicted octanol–water partition coefficient (Wildman–Crippen LogP) is 0.817. The van der Waals surface area contributed by atoms with Gasteiger partial charge in [-0.3, -0.25) is 9.69 Å². The van der Waals surface area contributed by atoms with Crippen LogP contribution in [-0.2, 0) is 17.8 Å². The number of carbonyl (C=O) groups excluding carboxylic acids is 1. The van der Waals surface area contributed by atoms with E-state index in [9.17, 15) is 4.79 Å². The van der Waals surface area contributed by atoms with E-state index >= 15 is 0 Å². The van der Waals surface area contributed by atoms with Crippen molar-refractivity contribution in [3.63, 3.8) is 0 Å². The molecule has 1 aromatic rings. The highest BCUT2D eigenvalue weighted by Crippen LogP contribution is 2.23. The fourth-order valence-electron chi connectivity index (χ4n) is 3.17. The van der Waals surface area contributed by atoms with Gasteiger partial charge in [0.05, 0.1) is 6.04 Å². The molecule has 1 fully saturated rings. The van der Waals surface area contributed by atoms with Gasteiger partial charge in [-0.1, -0.05) is 24.3 Å². The van der Waals surface area contributed by atoms with Gasteiger partial charge < -0.3 is 9.80 Å². The highest BCUT2D eigenvalue weighted by Gasteiger charge is 2.32. The lowest BCUT2D eigenvalue weighted by Crippen LogP contribution is -2.55. The molecule has 2 aliphatic heterocycles. The van der Waals surface area contributed by atoms with Gasteiger partial charge in [-0.2, -0.15) is 0 Å². The Balaban J connectivity index is 1.72. The van der Waals surface area contributed by atoms with Crippen molar-refractivity contribution in [3.8, 4) is 0 Å². The fourth-order valence-corrected chi connectivity index (χ4v) is 3.17. The van der Waals surface area contributed by atoms with Gasteiger partial charge in [0.2, 0.25) is 5.91 Å². The van der Waals surface area contributed by atoms with Crippen molar-refractivity contribution >= 4 is 5.91 Å². The van der Waals surface area contributed by atoms with E-state index < -0.39 is 0 Å². The molecule has 2 aliphatic rings. The quantitative estimate of drug-likeness (QED) is 0.758. The Morgan fingerprint density at radius 3 is 2.40 bits per heavy atom. The van der Waals surface area contributed by atoms with Crippen LogP contribution < -0.4 is 0 Å². The molecule has 3 rings (SSSR count). The Morgan fingerprint density at radius 1 is 1.05 bits per heavy atom. The Morgan fingerprint density at radius 2 is 1.70 bits per heavy atom. The molecule has 0 aliphatic carbocycles. The van der Waals surface area contributed by atoms with E-state index in [4.69, 9.17) is 0 Å². The standard InChI is InChI=1S/C16H23N3O/c1-17-7-9-19(10-8-17)16(20)15-11-13-5-3-4-6-14(13)12-18(15)2/h3-6,15H,7-12H2,1-2H3. The first kappa shape index (κ1) is 13.6. The van der Waals surface area contributed by atoms with Gasteiger partial charge in [0, 0.05) is 32.7 Å². The van der Waals surface area contributed by atoms with Gasteiger partial charge in [-0.15, -0.1) is 0 Å². The Labute approximate surface area is 121 Å². The third-order valence-electron chi connectivity index (χ3n) is 4.58. The second-order valence-electron chi connectivity index (χ2n) is 6.03. The summed E-state index contributed by atoms with van der Waals surface area (Å²) >= 11 is 0. The molecular formula is C16H23N3O. The highest BCUT2D eigenvalue weighted by molar-refractivity contribution is 5.82. The lowest BCUT2D eigenvalue weighted by molar-refractivity contribution is -0.138. The minimum Gasteiger partial charge on any atom is -0.339 e. The van der Waals surface area contributed by atoms with Crippen molar-refractivity contribution in [2.45, 2.75) is 19.0 Å². The molecule has 20 heavy (non-hydrogen) atoms. The van der Waals surface area contributed by atoms with Crippen molar-refractivity contribution in [2.24, 2.45) is 0 Å². The summed E-state index contributed by atoms with van der Waals surface area (Å²) in [5, 5.41) is 0. The summed E-state index contributed by atoms with van der Waals surface area (Å²) < 4.78 is 0. The molecule has 0 aromatic heterocycles. The minimum absolute atomic E-state index is 0.00769. The van der Waals surface area contributed by atoms with E-state index in [0.717, 1.165) is 39.1 Å². The number of piperazine rings is 1. The van der Waals surface area contributed by atoms with Crippen molar-refractivity contribution in [1.82, 2.24) is 14.7 Å². The molecule has 4 nitrogen and oxygen atoms in total. The zero-order chi connectivity index (χ0) is 14.1. The van der Waals surface area contributed by atoms with E-state index in [2.05, 4.69) is 48.2 Å². The van der Waals surface area contributed by atoms with Crippen LogP contribution in [0.15, 0.2) is 24.3 Å². The summed E-state index contributed by atoms with van der Waals surface area (Å²) in [4.78, 5) is 19.3. The molecule has 0 N–H and O–H groups in total. The molecule has 0 spiro atoms. The molecule has 0 saturated carbocycles. The zero-order valence-corrected chi connectivity index (χ0v) is 12.4. The number of hydrogen-bond donors (Lipinski definition) is 0. The maximum absolute atomic E-state index is 12.7. The smallest absolute Gasteiger partial charge is 0.240 e. The zero-order valence-electron chi connectivity index (χ0n) is 12.4. The van der Waals surface area contributed by atoms with Gasteiger partial charge in [0.15, 0.2) is 0 Å². The van der Waals surface area contributed by atoms with Crippen LogP contribution in [0.5, 0.6) is 0 Å². The van der Waals surface area contributed by atoms with Crippen LogP contribution in [0.25, 0.3) is 0 Å². The maximum atomic E-state index is 12.7. The van der Waals surface area contributed by atoms with Gasteiger partial charge in [-0.05, 0) is 31.6 Å². The number of hydrogen-bond acceptors (Lipinski definition) is 3. The van der Waals surface area contributed by atoms with Crippen LogP contribution in [0.2, 0.25) is 0 Å². The van der Waals surface area contributed by atoms with Gasteiger partial charge in [0.25, 0.3) is 0 Å². The molecule has 2 heterocycles. The summed E-state index contributed by atoms with van der Waals surface area (Å²) in [7, 11) is 4.18. The summed E-state index contributed by atoms with van der Waals surface area (Å²) in [6.45, 7) is 4.57. The van der Waals surface area contributed by atoms with E-state index in [1.807, 2.05) is 4.90 Å². The number of fused-ring (bicyclic) bond motifs is 1. The first-order valence-corrected chi connectivity index (χ1v) is 7.39. The fraction of sp³-hybridized carbons (Fsp3) is 0.562. The second-order valence-corrected chi connectivity index (χ2v) is 6.03. The number of likely N-dealkylation sites (N-methyl/N-ethyl adjacent to an activating group) is 2. The third kappa shape index (κ3) is 2.58. The summed E-state index contributed by atoms with van der Waals surface area (Å²) in [5.41, 5.74) is 2.69. The number of nitrogens with zero attached hydrogens (tertiary/aromatic N) is 3. The number of benzene rings is 1. The summed E-state index contributed by atoms with van der Waals surface area (Å²) in [6, 6.07) is 8.49. The molecule has 108 valence electrons. The molecular weight excluding hydrogens is 250 g/mol. The maximum Gasteiger partial charge on any atom is 0.240 e. The normalized spacial score (nSPS) is 24.5. The topological polar surface area (TPSA) is 26.8 Å². The van der Waals surface area contributed by atoms with Crippen LogP contribution >= 0.6 is 0 Å². The molecule has 0 radical (unpaired) electrons. The largest absolute Gasteiger partial charge is 0.339 e. The first-order chi connectivity index (χ1) is 9.65. The van der Waals surface area contributed by atoms with Gasteiger partial charge in [0.1, 0.15) is 0 Å². The van der Waals surface area contributed by atoms with E-state index in [-0.39, 0.29) is 6.04 Å². The Hall–Kier alpha value is -1.39. The van der Waals surface area contributed by atoms with Crippen molar-refractivity contribution in [3.05, 3.63) is 35.4 Å². The monoisotopic (exact) mass is 273 g/mol. The Kier molecular flexibility index (Phi) is 3.76. The summed E-state index contributed by atoms with van der Waals surface area (Å²) in [6.07, 6.45) is 0.845. The van der Waals surface area contributed by atoms with Crippen molar-refractivity contribution in [2.75, 3.05) is 40.3 Å². The van der Waals surface area contributed by atoms with Crippen molar-refractivity contribution < 1.29 is 4.79 Å². The minimum atomic E-state index is 0.00769. The van der Waals surface area contributed by atoms with E-state index in [1.165, 1.54) is 11.1 Å². The number of amides is 1. The molecule has 1 unspecified atom stereocenters.